The molecule has 7 nitrogen and oxygen atoms in total. The third-order valence-electron chi connectivity index (χ3n) is 5.85. The average Bonchev–Trinajstić information content (AvgIpc) is 3.46. The second-order valence-corrected chi connectivity index (χ2v) is 8.92. The highest BCUT2D eigenvalue weighted by atomic mass is 32.1. The van der Waals surface area contributed by atoms with Crippen molar-refractivity contribution in [3.05, 3.63) is 64.8 Å². The average molecular weight is 448 g/mol. The number of nitrogens with zero attached hydrogens (tertiary/aromatic N) is 4. The van der Waals surface area contributed by atoms with Crippen molar-refractivity contribution in [1.29, 1.82) is 0 Å². The first kappa shape index (κ1) is 20.7. The number of piperazine rings is 1. The number of carbonyl (C=O) groups is 1. The van der Waals surface area contributed by atoms with Gasteiger partial charge in [-0.1, -0.05) is 11.6 Å². The fraction of sp³-hybridized carbons (Fsp3) is 0.292. The highest BCUT2D eigenvalue weighted by Crippen LogP contribution is 2.26. The minimum absolute atomic E-state index is 0.00282. The summed E-state index contributed by atoms with van der Waals surface area (Å²) in [6, 6.07) is 14.0. The molecule has 2 aromatic heterocycles. The molecule has 164 valence electrons. The van der Waals surface area contributed by atoms with Gasteiger partial charge in [-0.2, -0.15) is 5.10 Å². The molecule has 0 atom stereocenters. The molecule has 0 bridgehead atoms. The van der Waals surface area contributed by atoms with Crippen LogP contribution in [-0.2, 0) is 6.54 Å². The molecule has 4 aromatic rings. The van der Waals surface area contributed by atoms with Crippen molar-refractivity contribution in [1.82, 2.24) is 25.0 Å². The quantitative estimate of drug-likeness (QED) is 0.501. The van der Waals surface area contributed by atoms with Crippen molar-refractivity contribution in [3.63, 3.8) is 0 Å². The van der Waals surface area contributed by atoms with Crippen molar-refractivity contribution in [3.8, 4) is 16.3 Å². The normalized spacial score (nSPS) is 14.8. The maximum absolute atomic E-state index is 13.1. The number of aryl methyl sites for hydroxylation is 1. The standard InChI is InChI=1S/C24H25N5O2S/c1-16-3-8-21-20(13-16)22(27-26-21)24(30)29-11-9-28(10-12-29)14-18-15-32-23(25-18)17-4-6-19(31-2)7-5-17/h3-8,13,15H,9-12,14H2,1-2H3,(H,26,27). The Morgan fingerprint density at radius 2 is 1.91 bits per heavy atom. The summed E-state index contributed by atoms with van der Waals surface area (Å²) in [5.41, 5.74) is 4.69. The topological polar surface area (TPSA) is 74.3 Å². The summed E-state index contributed by atoms with van der Waals surface area (Å²) < 4.78 is 5.23. The Kier molecular flexibility index (Phi) is 5.63. The number of hydrogen-bond donors (Lipinski definition) is 1. The number of rotatable bonds is 5. The summed E-state index contributed by atoms with van der Waals surface area (Å²) in [4.78, 5) is 22.1. The van der Waals surface area contributed by atoms with Crippen molar-refractivity contribution in [2.45, 2.75) is 13.5 Å². The second-order valence-electron chi connectivity index (χ2n) is 8.06. The molecular formula is C24H25N5O2S. The van der Waals surface area contributed by atoms with Gasteiger partial charge in [-0.05, 0) is 43.3 Å². The van der Waals surface area contributed by atoms with E-state index in [0.29, 0.717) is 18.8 Å². The van der Waals surface area contributed by atoms with Gasteiger partial charge in [-0.15, -0.1) is 11.3 Å². The molecule has 0 radical (unpaired) electrons. The number of nitrogens with one attached hydrogen (secondary N) is 1. The fourth-order valence-electron chi connectivity index (χ4n) is 4.02. The predicted octanol–water partition coefficient (Wildman–Crippen LogP) is 3.96. The first-order valence-electron chi connectivity index (χ1n) is 10.7. The first-order valence-corrected chi connectivity index (χ1v) is 11.5. The largest absolute Gasteiger partial charge is 0.497 e. The lowest BCUT2D eigenvalue weighted by atomic mass is 10.1. The van der Waals surface area contributed by atoms with E-state index < -0.39 is 0 Å². The highest BCUT2D eigenvalue weighted by Gasteiger charge is 2.25. The van der Waals surface area contributed by atoms with Crippen LogP contribution in [0.5, 0.6) is 5.75 Å². The van der Waals surface area contributed by atoms with Gasteiger partial charge in [0.05, 0.1) is 18.3 Å². The van der Waals surface area contributed by atoms with Gasteiger partial charge >= 0.3 is 0 Å². The van der Waals surface area contributed by atoms with Crippen LogP contribution in [0.3, 0.4) is 0 Å². The third kappa shape index (κ3) is 4.11. The number of aromatic amines is 1. The Balaban J connectivity index is 1.20. The van der Waals surface area contributed by atoms with Crippen LogP contribution in [0, 0.1) is 6.92 Å². The Hall–Kier alpha value is -3.23. The van der Waals surface area contributed by atoms with Crippen LogP contribution in [0.2, 0.25) is 0 Å². The number of ether oxygens (including phenoxy) is 1. The molecule has 0 spiro atoms. The number of amides is 1. The van der Waals surface area contributed by atoms with E-state index in [0.717, 1.165) is 58.1 Å². The first-order chi connectivity index (χ1) is 15.6. The molecule has 0 saturated carbocycles. The van der Waals surface area contributed by atoms with Gasteiger partial charge in [-0.25, -0.2) is 4.98 Å². The molecule has 1 amide bonds. The number of H-pyrrole nitrogens is 1. The van der Waals surface area contributed by atoms with E-state index in [4.69, 9.17) is 9.72 Å². The predicted molar refractivity (Wildman–Crippen MR) is 126 cm³/mol. The number of hydrogen-bond acceptors (Lipinski definition) is 6. The van der Waals surface area contributed by atoms with E-state index in [1.807, 2.05) is 54.3 Å². The zero-order valence-corrected chi connectivity index (χ0v) is 19.0. The molecule has 8 heteroatoms. The number of methoxy groups -OCH3 is 1. The third-order valence-corrected chi connectivity index (χ3v) is 6.79. The number of fused-ring (bicyclic) bond motifs is 1. The summed E-state index contributed by atoms with van der Waals surface area (Å²) in [5, 5.41) is 11.3. The molecule has 1 fully saturated rings. The summed E-state index contributed by atoms with van der Waals surface area (Å²) in [6.45, 7) is 5.84. The summed E-state index contributed by atoms with van der Waals surface area (Å²) in [5.74, 6) is 0.841. The van der Waals surface area contributed by atoms with Gasteiger partial charge in [0.15, 0.2) is 5.69 Å². The molecule has 32 heavy (non-hydrogen) atoms. The SMILES string of the molecule is COc1ccc(-c2nc(CN3CCN(C(=O)c4n[nH]c5ccc(C)cc45)CC3)cs2)cc1. The lowest BCUT2D eigenvalue weighted by Crippen LogP contribution is -2.48. The summed E-state index contributed by atoms with van der Waals surface area (Å²) in [7, 11) is 1.67. The molecule has 2 aromatic carbocycles. The second kappa shape index (κ2) is 8.72. The van der Waals surface area contributed by atoms with Gasteiger partial charge in [0.1, 0.15) is 10.8 Å². The van der Waals surface area contributed by atoms with E-state index in [9.17, 15) is 4.79 Å². The molecular weight excluding hydrogens is 422 g/mol. The molecule has 5 rings (SSSR count). The van der Waals surface area contributed by atoms with Gasteiger partial charge in [0.25, 0.3) is 5.91 Å². The van der Waals surface area contributed by atoms with Crippen LogP contribution in [0.1, 0.15) is 21.7 Å². The van der Waals surface area contributed by atoms with Crippen LogP contribution in [-0.4, -0.2) is 64.2 Å². The Morgan fingerprint density at radius 1 is 1.12 bits per heavy atom. The van der Waals surface area contributed by atoms with Crippen molar-refractivity contribution in [2.75, 3.05) is 33.3 Å². The molecule has 0 unspecified atom stereocenters. The van der Waals surface area contributed by atoms with Crippen LogP contribution >= 0.6 is 11.3 Å². The number of thiazole rings is 1. The Morgan fingerprint density at radius 3 is 2.66 bits per heavy atom. The van der Waals surface area contributed by atoms with Crippen LogP contribution in [0.4, 0.5) is 0 Å². The van der Waals surface area contributed by atoms with E-state index in [-0.39, 0.29) is 5.91 Å². The fourth-order valence-corrected chi connectivity index (χ4v) is 4.84. The smallest absolute Gasteiger partial charge is 0.275 e. The van der Waals surface area contributed by atoms with Crippen molar-refractivity contribution in [2.24, 2.45) is 0 Å². The highest BCUT2D eigenvalue weighted by molar-refractivity contribution is 7.13. The van der Waals surface area contributed by atoms with Crippen molar-refractivity contribution < 1.29 is 9.53 Å². The zero-order valence-electron chi connectivity index (χ0n) is 18.2. The van der Waals surface area contributed by atoms with E-state index in [2.05, 4.69) is 20.5 Å². The van der Waals surface area contributed by atoms with Crippen molar-refractivity contribution >= 4 is 28.1 Å². The molecule has 1 N–H and O–H groups in total. The number of carbonyl (C=O) groups excluding carboxylic acids is 1. The van der Waals surface area contributed by atoms with E-state index in [1.165, 1.54) is 0 Å². The molecule has 1 aliphatic heterocycles. The molecule has 3 heterocycles. The number of benzene rings is 2. The number of aromatic nitrogens is 3. The Bertz CT molecular complexity index is 1240. The van der Waals surface area contributed by atoms with Gasteiger partial charge in [-0.3, -0.25) is 14.8 Å². The summed E-state index contributed by atoms with van der Waals surface area (Å²) in [6.07, 6.45) is 0. The van der Waals surface area contributed by atoms with Gasteiger partial charge in [0, 0.05) is 49.1 Å². The molecule has 0 aliphatic carbocycles. The minimum atomic E-state index is -0.00282. The lowest BCUT2D eigenvalue weighted by molar-refractivity contribution is 0.0623. The molecule has 1 saturated heterocycles. The van der Waals surface area contributed by atoms with Gasteiger partial charge in [0.2, 0.25) is 0 Å². The van der Waals surface area contributed by atoms with E-state index >= 15 is 0 Å². The zero-order chi connectivity index (χ0) is 22.1. The van der Waals surface area contributed by atoms with Crippen LogP contribution < -0.4 is 4.74 Å². The van der Waals surface area contributed by atoms with E-state index in [1.54, 1.807) is 18.4 Å². The monoisotopic (exact) mass is 447 g/mol. The van der Waals surface area contributed by atoms with Crippen LogP contribution in [0.15, 0.2) is 47.8 Å². The van der Waals surface area contributed by atoms with Gasteiger partial charge < -0.3 is 9.64 Å². The lowest BCUT2D eigenvalue weighted by Gasteiger charge is -2.34. The minimum Gasteiger partial charge on any atom is -0.497 e. The molecule has 1 aliphatic rings. The maximum Gasteiger partial charge on any atom is 0.275 e. The van der Waals surface area contributed by atoms with Crippen LogP contribution in [0.25, 0.3) is 21.5 Å². The Labute approximate surface area is 190 Å². The maximum atomic E-state index is 13.1. The summed E-state index contributed by atoms with van der Waals surface area (Å²) >= 11 is 1.66.